The quantitative estimate of drug-likeness (QED) is 0.743. The molecule has 0 radical (unpaired) electrons. The molecule has 1 saturated heterocycles. The van der Waals surface area contributed by atoms with Gasteiger partial charge in [0, 0.05) is 0 Å². The second-order valence-electron chi connectivity index (χ2n) is 5.80. The number of benzene rings is 1. The standard InChI is InChI=1S/C16H16N2O4/c1-9(2)16-10-6-4-5-7-12(10)18(15(20)21-3)14(16)22-13(19)11(16)8-17/h4-7,9,11,14H,1-3H3/t11-,14-,16+/m1/s1. The molecule has 6 heteroatoms. The molecule has 3 rings (SSSR count). The van der Waals surface area contributed by atoms with Crippen molar-refractivity contribution in [2.24, 2.45) is 11.8 Å². The molecule has 1 aromatic carbocycles. The number of methoxy groups -OCH3 is 1. The Morgan fingerprint density at radius 1 is 1.45 bits per heavy atom. The van der Waals surface area contributed by atoms with Gasteiger partial charge in [0.25, 0.3) is 0 Å². The van der Waals surface area contributed by atoms with Crippen molar-refractivity contribution in [1.29, 1.82) is 5.26 Å². The van der Waals surface area contributed by atoms with E-state index in [1.54, 1.807) is 12.1 Å². The van der Waals surface area contributed by atoms with Crippen molar-refractivity contribution < 1.29 is 19.1 Å². The normalized spacial score (nSPS) is 28.9. The lowest BCUT2D eigenvalue weighted by molar-refractivity contribution is -0.142. The predicted molar refractivity (Wildman–Crippen MR) is 76.8 cm³/mol. The fraction of sp³-hybridized carbons (Fsp3) is 0.438. The molecule has 0 spiro atoms. The van der Waals surface area contributed by atoms with Crippen LogP contribution in [0.3, 0.4) is 0 Å². The molecule has 2 aliphatic rings. The minimum absolute atomic E-state index is 0.0793. The predicted octanol–water partition coefficient (Wildman–Crippen LogP) is 2.19. The summed E-state index contributed by atoms with van der Waals surface area (Å²) in [4.78, 5) is 25.7. The Hall–Kier alpha value is -2.55. The molecule has 2 aliphatic heterocycles. The first kappa shape index (κ1) is 14.4. The maximum atomic E-state index is 12.2. The summed E-state index contributed by atoms with van der Waals surface area (Å²) in [5.74, 6) is -1.62. The summed E-state index contributed by atoms with van der Waals surface area (Å²) in [7, 11) is 1.28. The molecule has 0 bridgehead atoms. The number of anilines is 1. The third-order valence-electron chi connectivity index (χ3n) is 4.67. The SMILES string of the molecule is COC(=O)N1c2ccccc2[C@@]2(C(C)C)[C@H](C#N)C(=O)O[C@@H]12. The van der Waals surface area contributed by atoms with E-state index in [2.05, 4.69) is 6.07 Å². The highest BCUT2D eigenvalue weighted by molar-refractivity contribution is 5.96. The summed E-state index contributed by atoms with van der Waals surface area (Å²) >= 11 is 0. The van der Waals surface area contributed by atoms with Gasteiger partial charge in [-0.05, 0) is 17.5 Å². The van der Waals surface area contributed by atoms with Crippen LogP contribution in [0, 0.1) is 23.2 Å². The fourth-order valence-electron chi connectivity index (χ4n) is 3.73. The minimum Gasteiger partial charge on any atom is -0.452 e. The molecule has 0 saturated carbocycles. The van der Waals surface area contributed by atoms with Crippen LogP contribution >= 0.6 is 0 Å². The van der Waals surface area contributed by atoms with Gasteiger partial charge in [-0.3, -0.25) is 4.79 Å². The van der Waals surface area contributed by atoms with Crippen LogP contribution in [0.25, 0.3) is 0 Å². The van der Waals surface area contributed by atoms with Crippen LogP contribution in [0.15, 0.2) is 24.3 Å². The first-order valence-electron chi connectivity index (χ1n) is 7.06. The molecule has 3 atom stereocenters. The molecule has 0 unspecified atom stereocenters. The monoisotopic (exact) mass is 300 g/mol. The second-order valence-corrected chi connectivity index (χ2v) is 5.80. The van der Waals surface area contributed by atoms with Crippen LogP contribution < -0.4 is 4.90 Å². The maximum absolute atomic E-state index is 12.2. The van der Waals surface area contributed by atoms with Gasteiger partial charge >= 0.3 is 12.1 Å². The van der Waals surface area contributed by atoms with Crippen molar-refractivity contribution in [2.45, 2.75) is 25.5 Å². The van der Waals surface area contributed by atoms with E-state index >= 15 is 0 Å². The Labute approximate surface area is 128 Å². The lowest BCUT2D eigenvalue weighted by Crippen LogP contribution is -2.49. The van der Waals surface area contributed by atoms with Crippen LogP contribution in [0.4, 0.5) is 10.5 Å². The van der Waals surface area contributed by atoms with Crippen molar-refractivity contribution in [2.75, 3.05) is 12.0 Å². The summed E-state index contributed by atoms with van der Waals surface area (Å²) in [6, 6.07) is 9.32. The molecule has 2 heterocycles. The van der Waals surface area contributed by atoms with Gasteiger partial charge in [-0.1, -0.05) is 32.0 Å². The summed E-state index contributed by atoms with van der Waals surface area (Å²) in [5, 5.41) is 9.52. The number of esters is 1. The number of fused-ring (bicyclic) bond motifs is 3. The maximum Gasteiger partial charge on any atom is 0.417 e. The highest BCUT2D eigenvalue weighted by Gasteiger charge is 2.68. The number of hydrogen-bond acceptors (Lipinski definition) is 5. The molecule has 114 valence electrons. The molecule has 0 N–H and O–H groups in total. The van der Waals surface area contributed by atoms with Gasteiger partial charge in [0.15, 0.2) is 12.1 Å². The third kappa shape index (κ3) is 1.48. The number of nitriles is 1. The van der Waals surface area contributed by atoms with Crippen LogP contribution in [0.5, 0.6) is 0 Å². The molecular weight excluding hydrogens is 284 g/mol. The van der Waals surface area contributed by atoms with Gasteiger partial charge in [-0.15, -0.1) is 0 Å². The molecule has 0 aliphatic carbocycles. The first-order valence-corrected chi connectivity index (χ1v) is 7.06. The summed E-state index contributed by atoms with van der Waals surface area (Å²) in [5.41, 5.74) is 0.523. The lowest BCUT2D eigenvalue weighted by atomic mass is 9.65. The molecule has 0 aromatic heterocycles. The largest absolute Gasteiger partial charge is 0.452 e. The van der Waals surface area contributed by atoms with Crippen molar-refractivity contribution in [3.05, 3.63) is 29.8 Å². The smallest absolute Gasteiger partial charge is 0.417 e. The highest BCUT2D eigenvalue weighted by Crippen LogP contribution is 2.57. The lowest BCUT2D eigenvalue weighted by Gasteiger charge is -2.34. The van der Waals surface area contributed by atoms with Crippen LogP contribution in [-0.2, 0) is 19.7 Å². The van der Waals surface area contributed by atoms with Gasteiger partial charge in [-0.2, -0.15) is 5.26 Å². The van der Waals surface area contributed by atoms with E-state index in [9.17, 15) is 14.9 Å². The minimum atomic E-state index is -0.951. The number of hydrogen-bond donors (Lipinski definition) is 0. The molecule has 6 nitrogen and oxygen atoms in total. The number of ether oxygens (including phenoxy) is 2. The second kappa shape index (κ2) is 4.73. The number of amides is 1. The van der Waals surface area contributed by atoms with Crippen molar-refractivity contribution in [3.63, 3.8) is 0 Å². The third-order valence-corrected chi connectivity index (χ3v) is 4.67. The van der Waals surface area contributed by atoms with E-state index in [1.165, 1.54) is 12.0 Å². The average molecular weight is 300 g/mol. The number of nitrogens with zero attached hydrogens (tertiary/aromatic N) is 2. The molecule has 1 fully saturated rings. The molecule has 1 amide bonds. The zero-order valence-electron chi connectivity index (χ0n) is 12.6. The molecule has 1 aromatic rings. The highest BCUT2D eigenvalue weighted by atomic mass is 16.6. The zero-order valence-corrected chi connectivity index (χ0v) is 12.6. The van der Waals surface area contributed by atoms with Gasteiger partial charge in [0.1, 0.15) is 0 Å². The molecular formula is C16H16N2O4. The van der Waals surface area contributed by atoms with Gasteiger partial charge < -0.3 is 9.47 Å². The van der Waals surface area contributed by atoms with Crippen molar-refractivity contribution >= 4 is 17.7 Å². The summed E-state index contributed by atoms with van der Waals surface area (Å²) < 4.78 is 10.3. The Kier molecular flexibility index (Phi) is 3.10. The number of carbonyl (C=O) groups is 2. The Balaban J connectivity index is 2.31. The summed E-state index contributed by atoms with van der Waals surface area (Å²) in [6.07, 6.45) is -1.46. The van der Waals surface area contributed by atoms with Crippen LogP contribution in [0.1, 0.15) is 19.4 Å². The van der Waals surface area contributed by atoms with Gasteiger partial charge in [0.2, 0.25) is 0 Å². The number of para-hydroxylation sites is 1. The Morgan fingerprint density at radius 3 is 2.73 bits per heavy atom. The fourth-order valence-corrected chi connectivity index (χ4v) is 3.73. The van der Waals surface area contributed by atoms with Gasteiger partial charge in [0.05, 0.1) is 24.3 Å². The van der Waals surface area contributed by atoms with E-state index in [1.807, 2.05) is 26.0 Å². The zero-order chi connectivity index (χ0) is 16.1. The van der Waals surface area contributed by atoms with Crippen molar-refractivity contribution in [3.8, 4) is 6.07 Å². The van der Waals surface area contributed by atoms with Crippen LogP contribution in [0.2, 0.25) is 0 Å². The van der Waals surface area contributed by atoms with Gasteiger partial charge in [-0.25, -0.2) is 9.69 Å². The van der Waals surface area contributed by atoms with E-state index in [-0.39, 0.29) is 5.92 Å². The Bertz CT molecular complexity index is 694. The average Bonchev–Trinajstić information content (AvgIpc) is 2.95. The number of carbonyl (C=O) groups excluding carboxylic acids is 2. The molecule has 22 heavy (non-hydrogen) atoms. The Morgan fingerprint density at radius 2 is 2.14 bits per heavy atom. The first-order chi connectivity index (χ1) is 10.5. The number of rotatable bonds is 1. The summed E-state index contributed by atoms with van der Waals surface area (Å²) in [6.45, 7) is 3.85. The van der Waals surface area contributed by atoms with Crippen molar-refractivity contribution in [1.82, 2.24) is 0 Å². The van der Waals surface area contributed by atoms with E-state index in [0.717, 1.165) is 5.56 Å². The van der Waals surface area contributed by atoms with E-state index in [0.29, 0.717) is 5.69 Å². The van der Waals surface area contributed by atoms with E-state index < -0.39 is 29.6 Å². The van der Waals surface area contributed by atoms with E-state index in [4.69, 9.17) is 9.47 Å². The van der Waals surface area contributed by atoms with Crippen LogP contribution in [-0.4, -0.2) is 25.4 Å². The topological polar surface area (TPSA) is 79.6 Å².